The molecular weight excluding hydrogens is 272 g/mol. The number of ketones is 1. The zero-order chi connectivity index (χ0) is 15.0. The number of benzene rings is 1. The normalized spacial score (nSPS) is 31.1. The van der Waals surface area contributed by atoms with Crippen molar-refractivity contribution >= 4 is 11.8 Å². The van der Waals surface area contributed by atoms with E-state index in [2.05, 4.69) is 4.74 Å². The Balaban J connectivity index is 2.07. The molecule has 1 aromatic rings. The van der Waals surface area contributed by atoms with Crippen molar-refractivity contribution in [3.63, 3.8) is 0 Å². The highest BCUT2D eigenvalue weighted by Gasteiger charge is 2.57. The number of fused-ring (bicyclic) bond motifs is 1. The minimum Gasteiger partial charge on any atom is -0.463 e. The summed E-state index contributed by atoms with van der Waals surface area (Å²) in [7, 11) is 1.23. The van der Waals surface area contributed by atoms with Gasteiger partial charge in [0, 0.05) is 18.3 Å². The molecule has 1 aromatic carbocycles. The largest absolute Gasteiger partial charge is 0.463 e. The van der Waals surface area contributed by atoms with Crippen LogP contribution in [0.25, 0.3) is 0 Å². The van der Waals surface area contributed by atoms with Crippen molar-refractivity contribution < 1.29 is 24.2 Å². The second-order valence-electron chi connectivity index (χ2n) is 5.33. The lowest BCUT2D eigenvalue weighted by Crippen LogP contribution is -2.48. The average molecular weight is 288 g/mol. The third-order valence-corrected chi connectivity index (χ3v) is 4.19. The first-order valence-electron chi connectivity index (χ1n) is 6.86. The molecule has 3 unspecified atom stereocenters. The highest BCUT2D eigenvalue weighted by atomic mass is 16.7. The molecule has 0 bridgehead atoms. The summed E-state index contributed by atoms with van der Waals surface area (Å²) >= 11 is 0. The van der Waals surface area contributed by atoms with Gasteiger partial charge < -0.3 is 14.6 Å². The number of allylic oxidation sites excluding steroid dienone is 1. The summed E-state index contributed by atoms with van der Waals surface area (Å²) in [4.78, 5) is 23.8. The number of hydrogen-bond acceptors (Lipinski definition) is 5. The fourth-order valence-corrected chi connectivity index (χ4v) is 3.12. The molecule has 1 saturated carbocycles. The first-order valence-corrected chi connectivity index (χ1v) is 6.86. The van der Waals surface area contributed by atoms with E-state index >= 15 is 0 Å². The summed E-state index contributed by atoms with van der Waals surface area (Å²) in [6.45, 7) is 0. The first-order chi connectivity index (χ1) is 10.1. The van der Waals surface area contributed by atoms with Gasteiger partial charge in [-0.3, -0.25) is 4.79 Å². The van der Waals surface area contributed by atoms with Crippen molar-refractivity contribution in [1.29, 1.82) is 0 Å². The van der Waals surface area contributed by atoms with Gasteiger partial charge in [-0.05, 0) is 18.1 Å². The van der Waals surface area contributed by atoms with E-state index in [4.69, 9.17) is 4.74 Å². The van der Waals surface area contributed by atoms with Crippen LogP contribution in [0.2, 0.25) is 0 Å². The molecule has 21 heavy (non-hydrogen) atoms. The van der Waals surface area contributed by atoms with Crippen LogP contribution in [-0.4, -0.2) is 29.8 Å². The fraction of sp³-hybridized carbons (Fsp3) is 0.375. The predicted octanol–water partition coefficient (Wildman–Crippen LogP) is 1.52. The zero-order valence-electron chi connectivity index (χ0n) is 11.6. The monoisotopic (exact) mass is 288 g/mol. The van der Waals surface area contributed by atoms with E-state index in [0.29, 0.717) is 6.42 Å². The minimum atomic E-state index is -1.93. The minimum absolute atomic E-state index is 0.111. The van der Waals surface area contributed by atoms with Crippen LogP contribution in [0.4, 0.5) is 0 Å². The van der Waals surface area contributed by atoms with Gasteiger partial charge in [-0.25, -0.2) is 4.79 Å². The Hall–Kier alpha value is -2.14. The van der Waals surface area contributed by atoms with E-state index < -0.39 is 11.8 Å². The molecule has 0 amide bonds. The van der Waals surface area contributed by atoms with Crippen LogP contribution >= 0.6 is 0 Å². The van der Waals surface area contributed by atoms with Crippen LogP contribution in [0.5, 0.6) is 0 Å². The molecule has 2 aliphatic rings. The number of hydrogen-bond donors (Lipinski definition) is 1. The molecule has 0 spiro atoms. The molecular formula is C16H16O5. The topological polar surface area (TPSA) is 72.8 Å². The summed E-state index contributed by atoms with van der Waals surface area (Å²) in [5.41, 5.74) is 0.931. The van der Waals surface area contributed by atoms with E-state index in [0.717, 1.165) is 5.56 Å². The molecule has 3 rings (SSSR count). The van der Waals surface area contributed by atoms with Crippen LogP contribution < -0.4 is 0 Å². The SMILES string of the molecule is COC(=O)C1=CC(c2ccccc2)C2CCC(=O)C2(O)O1. The number of ether oxygens (including phenoxy) is 2. The Morgan fingerprint density at radius 1 is 1.38 bits per heavy atom. The Bertz CT molecular complexity index is 606. The number of methoxy groups -OCH3 is 1. The predicted molar refractivity (Wildman–Crippen MR) is 73.0 cm³/mol. The number of esters is 1. The third kappa shape index (κ3) is 2.14. The molecule has 0 saturated heterocycles. The Morgan fingerprint density at radius 2 is 2.10 bits per heavy atom. The van der Waals surface area contributed by atoms with Crippen molar-refractivity contribution in [3.05, 3.63) is 47.7 Å². The molecule has 1 aliphatic carbocycles. The maximum Gasteiger partial charge on any atom is 0.373 e. The number of carbonyl (C=O) groups is 2. The van der Waals surface area contributed by atoms with Gasteiger partial charge in [-0.15, -0.1) is 0 Å². The maximum absolute atomic E-state index is 12.0. The molecule has 5 nitrogen and oxygen atoms in total. The molecule has 1 heterocycles. The van der Waals surface area contributed by atoms with Crippen molar-refractivity contribution in [2.75, 3.05) is 7.11 Å². The lowest BCUT2D eigenvalue weighted by molar-refractivity contribution is -0.211. The number of carbonyl (C=O) groups excluding carboxylic acids is 2. The summed E-state index contributed by atoms with van der Waals surface area (Å²) in [6.07, 6.45) is 2.41. The van der Waals surface area contributed by atoms with Gasteiger partial charge in [0.2, 0.25) is 11.5 Å². The quantitative estimate of drug-likeness (QED) is 0.835. The summed E-state index contributed by atoms with van der Waals surface area (Å²) in [5.74, 6) is -3.77. The zero-order valence-corrected chi connectivity index (χ0v) is 11.6. The smallest absolute Gasteiger partial charge is 0.373 e. The number of aliphatic hydroxyl groups is 1. The second kappa shape index (κ2) is 5.00. The number of Topliss-reactive ketones (excluding diaryl/α,β-unsaturated/α-hetero) is 1. The lowest BCUT2D eigenvalue weighted by atomic mass is 9.80. The van der Waals surface area contributed by atoms with Crippen LogP contribution in [0.1, 0.15) is 24.3 Å². The molecule has 1 N–H and O–H groups in total. The van der Waals surface area contributed by atoms with E-state index in [9.17, 15) is 14.7 Å². The second-order valence-corrected chi connectivity index (χ2v) is 5.33. The summed E-state index contributed by atoms with van der Waals surface area (Å²) < 4.78 is 9.96. The first kappa shape index (κ1) is 13.8. The van der Waals surface area contributed by atoms with Gasteiger partial charge in [-0.2, -0.15) is 0 Å². The maximum atomic E-state index is 12.0. The highest BCUT2D eigenvalue weighted by molar-refractivity contribution is 5.92. The van der Waals surface area contributed by atoms with E-state index in [1.165, 1.54) is 7.11 Å². The highest BCUT2D eigenvalue weighted by Crippen LogP contribution is 2.48. The fourth-order valence-electron chi connectivity index (χ4n) is 3.12. The molecule has 1 fully saturated rings. The van der Waals surface area contributed by atoms with E-state index in [1.807, 2.05) is 30.3 Å². The van der Waals surface area contributed by atoms with Crippen LogP contribution in [0.3, 0.4) is 0 Å². The third-order valence-electron chi connectivity index (χ3n) is 4.19. The van der Waals surface area contributed by atoms with E-state index in [1.54, 1.807) is 6.08 Å². The van der Waals surface area contributed by atoms with Gasteiger partial charge in [0.25, 0.3) is 5.79 Å². The van der Waals surface area contributed by atoms with Crippen molar-refractivity contribution in [2.45, 2.75) is 24.5 Å². The molecule has 1 aliphatic heterocycles. The van der Waals surface area contributed by atoms with Gasteiger partial charge in [0.15, 0.2) is 0 Å². The molecule has 0 aromatic heterocycles. The van der Waals surface area contributed by atoms with Gasteiger partial charge >= 0.3 is 5.97 Å². The van der Waals surface area contributed by atoms with E-state index in [-0.39, 0.29) is 29.8 Å². The van der Waals surface area contributed by atoms with Crippen molar-refractivity contribution in [3.8, 4) is 0 Å². The Labute approximate surface area is 122 Å². The average Bonchev–Trinajstić information content (AvgIpc) is 2.82. The Kier molecular flexibility index (Phi) is 3.29. The van der Waals surface area contributed by atoms with Gasteiger partial charge in [0.05, 0.1) is 7.11 Å². The van der Waals surface area contributed by atoms with Crippen LogP contribution in [-0.2, 0) is 19.1 Å². The van der Waals surface area contributed by atoms with Crippen LogP contribution in [0.15, 0.2) is 42.2 Å². The lowest BCUT2D eigenvalue weighted by Gasteiger charge is -2.37. The summed E-state index contributed by atoms with van der Waals surface area (Å²) in [5, 5.41) is 10.6. The van der Waals surface area contributed by atoms with Crippen molar-refractivity contribution in [2.24, 2.45) is 5.92 Å². The van der Waals surface area contributed by atoms with Gasteiger partial charge in [0.1, 0.15) is 0 Å². The molecule has 110 valence electrons. The standard InChI is InChI=1S/C16H16O5/c1-20-15(18)13-9-11(10-5-3-2-4-6-10)12-7-8-14(17)16(12,19)21-13/h2-6,9,11-12,19H,7-8H2,1H3. The Morgan fingerprint density at radius 3 is 2.76 bits per heavy atom. The van der Waals surface area contributed by atoms with Crippen molar-refractivity contribution in [1.82, 2.24) is 0 Å². The number of rotatable bonds is 2. The van der Waals surface area contributed by atoms with Crippen LogP contribution in [0, 0.1) is 5.92 Å². The molecule has 0 radical (unpaired) electrons. The van der Waals surface area contributed by atoms with Gasteiger partial charge in [-0.1, -0.05) is 30.3 Å². The molecule has 3 atom stereocenters. The molecule has 5 heteroatoms. The summed E-state index contributed by atoms with van der Waals surface area (Å²) in [6, 6.07) is 9.47.